The van der Waals surface area contributed by atoms with Crippen molar-refractivity contribution in [3.8, 4) is 17.3 Å². The Kier molecular flexibility index (Phi) is 2.87. The summed E-state index contributed by atoms with van der Waals surface area (Å²) in [5.41, 5.74) is 0.898. The second-order valence-electron chi connectivity index (χ2n) is 4.33. The van der Waals surface area contributed by atoms with Gasteiger partial charge in [-0.3, -0.25) is 0 Å². The molecule has 0 amide bonds. The zero-order valence-corrected chi connectivity index (χ0v) is 10.5. The van der Waals surface area contributed by atoms with Crippen molar-refractivity contribution in [1.29, 1.82) is 5.26 Å². The van der Waals surface area contributed by atoms with Crippen LogP contribution in [0.5, 0.6) is 0 Å². The number of nitrogens with zero attached hydrogens (tertiary/aromatic N) is 4. The average Bonchev–Trinajstić information content (AvgIpc) is 2.93. The van der Waals surface area contributed by atoms with Crippen molar-refractivity contribution in [3.63, 3.8) is 0 Å². The lowest BCUT2D eigenvalue weighted by atomic mass is 10.1. The highest BCUT2D eigenvalue weighted by Gasteiger charge is 2.30. The van der Waals surface area contributed by atoms with E-state index in [9.17, 15) is 13.2 Å². The van der Waals surface area contributed by atoms with E-state index in [4.69, 9.17) is 5.26 Å². The third-order valence-corrected chi connectivity index (χ3v) is 2.99. The molecule has 0 aliphatic carbocycles. The van der Waals surface area contributed by atoms with Crippen LogP contribution in [0.2, 0.25) is 0 Å². The van der Waals surface area contributed by atoms with Crippen LogP contribution in [0.15, 0.2) is 42.7 Å². The van der Waals surface area contributed by atoms with Gasteiger partial charge in [-0.15, -0.1) is 0 Å². The van der Waals surface area contributed by atoms with Crippen LogP contribution in [0.25, 0.3) is 16.9 Å². The molecular weight excluding hydrogens is 281 g/mol. The summed E-state index contributed by atoms with van der Waals surface area (Å²) in [6, 6.07) is 8.13. The van der Waals surface area contributed by atoms with Gasteiger partial charge >= 0.3 is 6.18 Å². The number of hydrogen-bond donors (Lipinski definition) is 0. The Morgan fingerprint density at radius 3 is 2.48 bits per heavy atom. The van der Waals surface area contributed by atoms with Crippen LogP contribution in [0.1, 0.15) is 11.1 Å². The third kappa shape index (κ3) is 2.31. The van der Waals surface area contributed by atoms with Gasteiger partial charge in [-0.05, 0) is 18.2 Å². The summed E-state index contributed by atoms with van der Waals surface area (Å²) < 4.78 is 39.0. The summed E-state index contributed by atoms with van der Waals surface area (Å²) in [6.45, 7) is 0. The number of rotatable bonds is 1. The fourth-order valence-electron chi connectivity index (χ4n) is 1.97. The largest absolute Gasteiger partial charge is 0.416 e. The van der Waals surface area contributed by atoms with E-state index >= 15 is 0 Å². The predicted molar refractivity (Wildman–Crippen MR) is 68.1 cm³/mol. The molecule has 1 aromatic carbocycles. The molecule has 0 unspecified atom stereocenters. The van der Waals surface area contributed by atoms with Crippen LogP contribution in [0, 0.1) is 11.3 Å². The zero-order chi connectivity index (χ0) is 15.0. The number of aromatic nitrogens is 3. The maximum absolute atomic E-state index is 12.5. The highest BCUT2D eigenvalue weighted by Crippen LogP contribution is 2.30. The van der Waals surface area contributed by atoms with Gasteiger partial charge in [0.15, 0.2) is 5.65 Å². The van der Waals surface area contributed by atoms with E-state index in [0.717, 1.165) is 12.1 Å². The molecule has 0 atom stereocenters. The van der Waals surface area contributed by atoms with Crippen molar-refractivity contribution in [2.24, 2.45) is 0 Å². The first-order valence-corrected chi connectivity index (χ1v) is 5.91. The van der Waals surface area contributed by atoms with Gasteiger partial charge in [0.1, 0.15) is 6.07 Å². The van der Waals surface area contributed by atoms with Crippen LogP contribution in [-0.4, -0.2) is 14.6 Å². The van der Waals surface area contributed by atoms with E-state index in [0.29, 0.717) is 22.5 Å². The van der Waals surface area contributed by atoms with Crippen LogP contribution in [-0.2, 0) is 6.18 Å². The lowest BCUT2D eigenvalue weighted by molar-refractivity contribution is -0.137. The first kappa shape index (κ1) is 13.1. The van der Waals surface area contributed by atoms with Gasteiger partial charge in [0.2, 0.25) is 0 Å². The Bertz CT molecular complexity index is 841. The Hall–Kier alpha value is -2.88. The Morgan fingerprint density at radius 1 is 1.14 bits per heavy atom. The predicted octanol–water partition coefficient (Wildman–Crippen LogP) is 3.29. The number of hydrogen-bond acceptors (Lipinski definition) is 3. The molecule has 21 heavy (non-hydrogen) atoms. The summed E-state index contributed by atoms with van der Waals surface area (Å²) in [6.07, 6.45) is -1.30. The van der Waals surface area contributed by atoms with Crippen LogP contribution >= 0.6 is 0 Å². The standard InChI is InChI=1S/C14H7F3N4/c15-14(16,17)11-3-1-9(2-4-11)12-7-10(8-18)13-19-5-6-21(13)20-12/h1-7H. The van der Waals surface area contributed by atoms with Gasteiger partial charge < -0.3 is 0 Å². The number of fused-ring (bicyclic) bond motifs is 1. The quantitative estimate of drug-likeness (QED) is 0.690. The molecule has 4 nitrogen and oxygen atoms in total. The van der Waals surface area contributed by atoms with Crippen molar-refractivity contribution in [2.45, 2.75) is 6.18 Å². The van der Waals surface area contributed by atoms with E-state index in [-0.39, 0.29) is 0 Å². The summed E-state index contributed by atoms with van der Waals surface area (Å²) in [5, 5.41) is 13.3. The second kappa shape index (κ2) is 4.59. The average molecular weight is 288 g/mol. The zero-order valence-electron chi connectivity index (χ0n) is 10.5. The van der Waals surface area contributed by atoms with E-state index in [2.05, 4.69) is 10.1 Å². The SMILES string of the molecule is N#Cc1cc(-c2ccc(C(F)(F)F)cc2)nn2ccnc12. The lowest BCUT2D eigenvalue weighted by Gasteiger charge is -2.08. The van der Waals surface area contributed by atoms with Crippen LogP contribution in [0.4, 0.5) is 13.2 Å². The fraction of sp³-hybridized carbons (Fsp3) is 0.0714. The van der Waals surface area contributed by atoms with Gasteiger partial charge in [-0.2, -0.15) is 23.5 Å². The van der Waals surface area contributed by atoms with Crippen LogP contribution < -0.4 is 0 Å². The Balaban J connectivity index is 2.10. The number of benzene rings is 1. The van der Waals surface area contributed by atoms with E-state index in [1.165, 1.54) is 28.9 Å². The van der Waals surface area contributed by atoms with Gasteiger partial charge in [-0.25, -0.2) is 9.50 Å². The minimum Gasteiger partial charge on any atom is -0.234 e. The lowest BCUT2D eigenvalue weighted by Crippen LogP contribution is -2.04. The number of alkyl halides is 3. The molecular formula is C14H7F3N4. The molecule has 7 heteroatoms. The number of nitriles is 1. The molecule has 0 aliphatic heterocycles. The van der Waals surface area contributed by atoms with Crippen molar-refractivity contribution >= 4 is 5.65 Å². The molecule has 2 aromatic heterocycles. The summed E-state index contributed by atoms with van der Waals surface area (Å²) >= 11 is 0. The minimum atomic E-state index is -4.38. The smallest absolute Gasteiger partial charge is 0.234 e. The van der Waals surface area contributed by atoms with Crippen molar-refractivity contribution in [1.82, 2.24) is 14.6 Å². The maximum Gasteiger partial charge on any atom is 0.416 e. The molecule has 0 saturated heterocycles. The summed E-state index contributed by atoms with van der Waals surface area (Å²) in [7, 11) is 0. The highest BCUT2D eigenvalue weighted by molar-refractivity contribution is 5.65. The second-order valence-corrected chi connectivity index (χ2v) is 4.33. The molecule has 3 rings (SSSR count). The first-order chi connectivity index (χ1) is 9.99. The molecule has 104 valence electrons. The Labute approximate surface area is 117 Å². The first-order valence-electron chi connectivity index (χ1n) is 5.91. The third-order valence-electron chi connectivity index (χ3n) is 2.99. The van der Waals surface area contributed by atoms with Gasteiger partial charge in [-0.1, -0.05) is 12.1 Å². The van der Waals surface area contributed by atoms with E-state index in [1.54, 1.807) is 6.20 Å². The van der Waals surface area contributed by atoms with Gasteiger partial charge in [0.05, 0.1) is 16.8 Å². The Morgan fingerprint density at radius 2 is 1.86 bits per heavy atom. The molecule has 0 bridgehead atoms. The monoisotopic (exact) mass is 288 g/mol. The molecule has 0 spiro atoms. The summed E-state index contributed by atoms with van der Waals surface area (Å²) in [5.74, 6) is 0. The normalized spacial score (nSPS) is 11.5. The molecule has 0 N–H and O–H groups in total. The van der Waals surface area contributed by atoms with Crippen molar-refractivity contribution in [2.75, 3.05) is 0 Å². The van der Waals surface area contributed by atoms with Crippen LogP contribution in [0.3, 0.4) is 0 Å². The maximum atomic E-state index is 12.5. The number of halogens is 3. The minimum absolute atomic E-state index is 0.310. The topological polar surface area (TPSA) is 54.0 Å². The molecule has 3 aromatic rings. The van der Waals surface area contributed by atoms with Crippen molar-refractivity contribution < 1.29 is 13.2 Å². The number of imidazole rings is 1. The molecule has 0 radical (unpaired) electrons. The molecule has 0 fully saturated rings. The highest BCUT2D eigenvalue weighted by atomic mass is 19.4. The van der Waals surface area contributed by atoms with Crippen molar-refractivity contribution in [3.05, 3.63) is 53.9 Å². The molecule has 2 heterocycles. The fourth-order valence-corrected chi connectivity index (χ4v) is 1.97. The van der Waals surface area contributed by atoms with E-state index in [1.807, 2.05) is 6.07 Å². The molecule has 0 aliphatic rings. The van der Waals surface area contributed by atoms with Gasteiger partial charge in [0.25, 0.3) is 0 Å². The summed E-state index contributed by atoms with van der Waals surface area (Å²) in [4.78, 5) is 4.00. The van der Waals surface area contributed by atoms with E-state index < -0.39 is 11.7 Å². The van der Waals surface area contributed by atoms with Gasteiger partial charge in [0, 0.05) is 18.0 Å². The molecule has 0 saturated carbocycles.